The van der Waals surface area contributed by atoms with Crippen molar-refractivity contribution >= 4 is 23.4 Å². The molecule has 2 amide bonds. The minimum Gasteiger partial charge on any atom is -0.378 e. The third-order valence-electron chi connectivity index (χ3n) is 11.0. The van der Waals surface area contributed by atoms with Gasteiger partial charge in [0.05, 0.1) is 31.2 Å². The van der Waals surface area contributed by atoms with E-state index >= 15 is 0 Å². The standard InChI is InChI=1S/C37H57ClN4O3/c1-25(2)35(43)42(32-14-8-26(3)9-15-32)33-21-34(27(4)39-16-18-45-19-17-39)41(24-33)36(44)30-20-29(22-40(23-30)37(5,6)7)28-10-12-31(38)13-11-28/h10-13,25-26,29-30,32-34H,4,8-9,14-24H2,1-3,5-7H3/t26-,29-,30-,32+,33-,34-/m0/s1. The van der Waals surface area contributed by atoms with Gasteiger partial charge in [-0.05, 0) is 88.8 Å². The van der Waals surface area contributed by atoms with E-state index in [2.05, 4.69) is 66.0 Å². The van der Waals surface area contributed by atoms with Crippen molar-refractivity contribution in [1.82, 2.24) is 19.6 Å². The van der Waals surface area contributed by atoms with E-state index in [4.69, 9.17) is 16.3 Å². The van der Waals surface area contributed by atoms with Crippen LogP contribution in [0.3, 0.4) is 0 Å². The van der Waals surface area contributed by atoms with Crippen LogP contribution in [0.4, 0.5) is 0 Å². The summed E-state index contributed by atoms with van der Waals surface area (Å²) >= 11 is 6.25. The molecule has 0 spiro atoms. The third-order valence-corrected chi connectivity index (χ3v) is 11.2. The van der Waals surface area contributed by atoms with E-state index < -0.39 is 0 Å². The molecule has 0 unspecified atom stereocenters. The van der Waals surface area contributed by atoms with E-state index in [0.29, 0.717) is 25.7 Å². The zero-order chi connectivity index (χ0) is 32.5. The summed E-state index contributed by atoms with van der Waals surface area (Å²) in [6, 6.07) is 8.29. The number of piperidine rings is 1. The van der Waals surface area contributed by atoms with Gasteiger partial charge in [0.2, 0.25) is 11.8 Å². The van der Waals surface area contributed by atoms with E-state index in [9.17, 15) is 9.59 Å². The van der Waals surface area contributed by atoms with E-state index in [0.717, 1.165) is 75.4 Å². The van der Waals surface area contributed by atoms with Crippen LogP contribution < -0.4 is 0 Å². The zero-order valence-corrected chi connectivity index (χ0v) is 29.4. The first-order chi connectivity index (χ1) is 21.3. The molecular weight excluding hydrogens is 584 g/mol. The number of rotatable bonds is 7. The average molecular weight is 641 g/mol. The van der Waals surface area contributed by atoms with Crippen LogP contribution in [-0.4, -0.2) is 101 Å². The fraction of sp³-hybridized carbons (Fsp3) is 0.730. The smallest absolute Gasteiger partial charge is 0.227 e. The second kappa shape index (κ2) is 14.4. The summed E-state index contributed by atoms with van der Waals surface area (Å²) in [6.07, 6.45) is 5.96. The molecule has 250 valence electrons. The molecule has 0 aromatic heterocycles. The molecule has 1 saturated carbocycles. The van der Waals surface area contributed by atoms with Gasteiger partial charge >= 0.3 is 0 Å². The summed E-state index contributed by atoms with van der Waals surface area (Å²) < 4.78 is 5.66. The van der Waals surface area contributed by atoms with Crippen LogP contribution in [0.15, 0.2) is 36.5 Å². The summed E-state index contributed by atoms with van der Waals surface area (Å²) in [5.74, 6) is 1.17. The number of nitrogens with zero attached hydrogens (tertiary/aromatic N) is 4. The van der Waals surface area contributed by atoms with Gasteiger partial charge in [0.25, 0.3) is 0 Å². The second-order valence-electron chi connectivity index (χ2n) is 15.6. The molecule has 0 bridgehead atoms. The molecule has 0 radical (unpaired) electrons. The summed E-state index contributed by atoms with van der Waals surface area (Å²) in [5, 5.41) is 0.732. The fourth-order valence-electron chi connectivity index (χ4n) is 8.15. The average Bonchev–Trinajstić information content (AvgIpc) is 3.46. The SMILES string of the molecule is C=C([C@@H]1C[C@H](N(C(=O)C(C)C)[C@H]2CC[C@@H](C)CC2)CN1C(=O)[C@H]1C[C@H](c2ccc(Cl)cc2)CN(C(C)(C)C)C1)N1CCOCC1. The minimum atomic E-state index is -0.137. The lowest BCUT2D eigenvalue weighted by Gasteiger charge is -2.46. The predicted octanol–water partition coefficient (Wildman–Crippen LogP) is 6.42. The van der Waals surface area contributed by atoms with Crippen molar-refractivity contribution in [3.05, 3.63) is 47.1 Å². The molecule has 3 saturated heterocycles. The number of morpholine rings is 1. The van der Waals surface area contributed by atoms with Crippen molar-refractivity contribution < 1.29 is 14.3 Å². The van der Waals surface area contributed by atoms with E-state index in [1.807, 2.05) is 26.0 Å². The molecule has 1 aromatic rings. The number of ether oxygens (including phenoxy) is 1. The monoisotopic (exact) mass is 640 g/mol. The number of carbonyl (C=O) groups is 2. The van der Waals surface area contributed by atoms with Crippen LogP contribution >= 0.6 is 11.6 Å². The maximum atomic E-state index is 14.9. The van der Waals surface area contributed by atoms with E-state index in [1.165, 1.54) is 5.56 Å². The molecule has 4 aliphatic rings. The highest BCUT2D eigenvalue weighted by Crippen LogP contribution is 2.39. The van der Waals surface area contributed by atoms with Gasteiger partial charge in [-0.3, -0.25) is 14.5 Å². The molecule has 7 nitrogen and oxygen atoms in total. The second-order valence-corrected chi connectivity index (χ2v) is 16.0. The quantitative estimate of drug-likeness (QED) is 0.344. The Morgan fingerprint density at radius 2 is 1.60 bits per heavy atom. The van der Waals surface area contributed by atoms with Gasteiger partial charge in [0.1, 0.15) is 0 Å². The van der Waals surface area contributed by atoms with Crippen LogP contribution in [0.1, 0.15) is 91.5 Å². The number of hydrogen-bond donors (Lipinski definition) is 0. The van der Waals surface area contributed by atoms with Gasteiger partial charge in [0, 0.05) is 60.9 Å². The van der Waals surface area contributed by atoms with Crippen LogP contribution in [0, 0.1) is 17.8 Å². The molecule has 4 fully saturated rings. The predicted molar refractivity (Wildman–Crippen MR) is 182 cm³/mol. The van der Waals surface area contributed by atoms with Gasteiger partial charge < -0.3 is 19.4 Å². The topological polar surface area (TPSA) is 56.3 Å². The lowest BCUT2D eigenvalue weighted by Crippen LogP contribution is -2.55. The lowest BCUT2D eigenvalue weighted by molar-refractivity contribution is -0.143. The number of benzene rings is 1. The zero-order valence-electron chi connectivity index (χ0n) is 28.6. The Morgan fingerprint density at radius 1 is 0.956 bits per heavy atom. The number of carbonyl (C=O) groups excluding carboxylic acids is 2. The molecule has 1 aromatic carbocycles. The Bertz CT molecular complexity index is 1180. The molecule has 3 aliphatic heterocycles. The lowest BCUT2D eigenvalue weighted by atomic mass is 9.82. The van der Waals surface area contributed by atoms with Crippen molar-refractivity contribution in [2.75, 3.05) is 45.9 Å². The number of hydrogen-bond acceptors (Lipinski definition) is 5. The Morgan fingerprint density at radius 3 is 2.20 bits per heavy atom. The largest absolute Gasteiger partial charge is 0.378 e. The number of halogens is 1. The van der Waals surface area contributed by atoms with Crippen LogP contribution in [0.25, 0.3) is 0 Å². The van der Waals surface area contributed by atoms with Gasteiger partial charge in [0.15, 0.2) is 0 Å². The molecule has 1 aliphatic carbocycles. The highest BCUT2D eigenvalue weighted by atomic mass is 35.5. The molecule has 8 heteroatoms. The molecule has 4 atom stereocenters. The van der Waals surface area contributed by atoms with E-state index in [-0.39, 0.29) is 53.2 Å². The maximum absolute atomic E-state index is 14.9. The van der Waals surface area contributed by atoms with Crippen molar-refractivity contribution in [1.29, 1.82) is 0 Å². The fourth-order valence-corrected chi connectivity index (χ4v) is 8.28. The van der Waals surface area contributed by atoms with Crippen LogP contribution in [0.2, 0.25) is 5.02 Å². The first-order valence-corrected chi connectivity index (χ1v) is 17.9. The van der Waals surface area contributed by atoms with Crippen molar-refractivity contribution in [3.63, 3.8) is 0 Å². The first kappa shape index (κ1) is 34.3. The summed E-state index contributed by atoms with van der Waals surface area (Å²) in [7, 11) is 0. The summed E-state index contributed by atoms with van der Waals surface area (Å²) in [4.78, 5) is 37.9. The molecule has 45 heavy (non-hydrogen) atoms. The highest BCUT2D eigenvalue weighted by Gasteiger charge is 2.47. The van der Waals surface area contributed by atoms with Gasteiger partial charge in [-0.1, -0.05) is 51.1 Å². The number of likely N-dealkylation sites (tertiary alicyclic amines) is 2. The highest BCUT2D eigenvalue weighted by molar-refractivity contribution is 6.30. The summed E-state index contributed by atoms with van der Waals surface area (Å²) in [6.45, 7) is 22.9. The first-order valence-electron chi connectivity index (χ1n) is 17.5. The van der Waals surface area contributed by atoms with Crippen molar-refractivity contribution in [3.8, 4) is 0 Å². The Hall–Kier alpha value is -2.09. The van der Waals surface area contributed by atoms with Crippen LogP contribution in [-0.2, 0) is 14.3 Å². The molecule has 0 N–H and O–H groups in total. The normalized spacial score (nSPS) is 30.0. The third kappa shape index (κ3) is 7.90. The molecule has 5 rings (SSSR count). The van der Waals surface area contributed by atoms with E-state index in [1.54, 1.807) is 0 Å². The Balaban J connectivity index is 1.45. The summed E-state index contributed by atoms with van der Waals surface area (Å²) in [5.41, 5.74) is 2.17. The van der Waals surface area contributed by atoms with Crippen LogP contribution in [0.5, 0.6) is 0 Å². The minimum absolute atomic E-state index is 0.000538. The van der Waals surface area contributed by atoms with Gasteiger partial charge in [-0.2, -0.15) is 0 Å². The Labute approximate surface area is 277 Å². The number of amides is 2. The van der Waals surface area contributed by atoms with Crippen molar-refractivity contribution in [2.45, 2.75) is 110 Å². The van der Waals surface area contributed by atoms with Gasteiger partial charge in [-0.15, -0.1) is 0 Å². The Kier molecular flexibility index (Phi) is 10.9. The molecular formula is C37H57ClN4O3. The molecule has 3 heterocycles. The van der Waals surface area contributed by atoms with Gasteiger partial charge in [-0.25, -0.2) is 0 Å². The maximum Gasteiger partial charge on any atom is 0.227 e. The van der Waals surface area contributed by atoms with Crippen molar-refractivity contribution in [2.24, 2.45) is 17.8 Å².